The number of aryl methyl sites for hydroxylation is 1. The van der Waals surface area contributed by atoms with Crippen LogP contribution in [-0.4, -0.2) is 48.8 Å². The number of halogens is 5. The molecule has 1 N–H and O–H groups in total. The number of benzene rings is 3. The van der Waals surface area contributed by atoms with Gasteiger partial charge in [0.1, 0.15) is 23.4 Å². The standard InChI is InChI=1S/C31H30ClF4NO3/c32-29-18-24(40-31(34,35)36)10-12-27(29)28-4-1-3-21-17-22(38)7-11-26(21)30(28)20-5-8-23(9-6-20)39-25-13-16-37(19-25)15-2-14-33/h5-12,17-18,25,38H,1-4,13-16,19H2/t25-/m0/s1. The van der Waals surface area contributed by atoms with Crippen molar-refractivity contribution in [1.82, 2.24) is 4.90 Å². The van der Waals surface area contributed by atoms with Gasteiger partial charge in [-0.2, -0.15) is 0 Å². The third kappa shape index (κ3) is 6.73. The van der Waals surface area contributed by atoms with Crippen molar-refractivity contribution in [2.45, 2.75) is 44.6 Å². The zero-order chi connectivity index (χ0) is 28.3. The molecular weight excluding hydrogens is 546 g/mol. The highest BCUT2D eigenvalue weighted by Gasteiger charge is 2.31. The van der Waals surface area contributed by atoms with E-state index in [9.17, 15) is 22.7 Å². The summed E-state index contributed by atoms with van der Waals surface area (Å²) in [7, 11) is 0. The Kier molecular flexibility index (Phi) is 8.57. The van der Waals surface area contributed by atoms with Crippen LogP contribution in [0.25, 0.3) is 11.1 Å². The summed E-state index contributed by atoms with van der Waals surface area (Å²) in [6.45, 7) is 2.06. The number of phenols is 1. The van der Waals surface area contributed by atoms with E-state index in [0.29, 0.717) is 18.4 Å². The van der Waals surface area contributed by atoms with Crippen molar-refractivity contribution < 1.29 is 32.1 Å². The molecule has 5 rings (SSSR count). The van der Waals surface area contributed by atoms with E-state index in [2.05, 4.69) is 9.64 Å². The van der Waals surface area contributed by atoms with Gasteiger partial charge < -0.3 is 14.6 Å². The van der Waals surface area contributed by atoms with Gasteiger partial charge in [0, 0.05) is 19.6 Å². The van der Waals surface area contributed by atoms with Gasteiger partial charge in [0.25, 0.3) is 0 Å². The van der Waals surface area contributed by atoms with Crippen molar-refractivity contribution in [3.8, 4) is 17.2 Å². The maximum atomic E-state index is 12.8. The molecule has 2 aliphatic rings. The highest BCUT2D eigenvalue weighted by Crippen LogP contribution is 2.43. The number of nitrogens with zero attached hydrogens (tertiary/aromatic N) is 1. The molecule has 0 amide bonds. The van der Waals surface area contributed by atoms with Crippen LogP contribution >= 0.6 is 11.6 Å². The van der Waals surface area contributed by atoms with Crippen LogP contribution < -0.4 is 9.47 Å². The number of allylic oxidation sites excluding steroid dienone is 1. The van der Waals surface area contributed by atoms with Crippen LogP contribution in [-0.2, 0) is 6.42 Å². The number of fused-ring (bicyclic) bond motifs is 1. The third-order valence-electron chi connectivity index (χ3n) is 7.31. The van der Waals surface area contributed by atoms with E-state index < -0.39 is 6.36 Å². The van der Waals surface area contributed by atoms with E-state index >= 15 is 0 Å². The van der Waals surface area contributed by atoms with Gasteiger partial charge in [-0.3, -0.25) is 9.29 Å². The molecule has 0 unspecified atom stereocenters. The SMILES string of the molecule is Oc1ccc2c(c1)CCCC(c1ccc(OC(F)(F)F)cc1Cl)=C2c1ccc(O[C@H]2CCN(CCCF)C2)cc1. The van der Waals surface area contributed by atoms with Gasteiger partial charge in [0.05, 0.1) is 11.7 Å². The molecular formula is C31H30ClF4NO3. The Balaban J connectivity index is 1.49. The summed E-state index contributed by atoms with van der Waals surface area (Å²) in [5.41, 5.74) is 5.26. The fourth-order valence-electron chi connectivity index (χ4n) is 5.58. The molecule has 1 saturated heterocycles. The lowest BCUT2D eigenvalue weighted by Crippen LogP contribution is -2.26. The maximum Gasteiger partial charge on any atom is 0.573 e. The maximum absolute atomic E-state index is 12.8. The van der Waals surface area contributed by atoms with Crippen molar-refractivity contribution in [3.63, 3.8) is 0 Å². The van der Waals surface area contributed by atoms with E-state index in [4.69, 9.17) is 16.3 Å². The number of likely N-dealkylation sites (tertiary alicyclic amines) is 1. The quantitative estimate of drug-likeness (QED) is 0.276. The van der Waals surface area contributed by atoms with Crippen LogP contribution in [0.5, 0.6) is 17.2 Å². The lowest BCUT2D eigenvalue weighted by molar-refractivity contribution is -0.274. The van der Waals surface area contributed by atoms with Gasteiger partial charge >= 0.3 is 6.36 Å². The summed E-state index contributed by atoms with van der Waals surface area (Å²) >= 11 is 6.55. The molecule has 1 heterocycles. The van der Waals surface area contributed by atoms with Crippen molar-refractivity contribution in [3.05, 3.63) is 87.9 Å². The predicted octanol–water partition coefficient (Wildman–Crippen LogP) is 8.05. The molecule has 0 bridgehead atoms. The van der Waals surface area contributed by atoms with Crippen LogP contribution in [0, 0.1) is 0 Å². The molecule has 212 valence electrons. The molecule has 0 spiro atoms. The molecule has 9 heteroatoms. The fraction of sp³-hybridized carbons (Fsp3) is 0.355. The van der Waals surface area contributed by atoms with Crippen molar-refractivity contribution in [2.75, 3.05) is 26.3 Å². The van der Waals surface area contributed by atoms with Crippen LogP contribution in [0.3, 0.4) is 0 Å². The Bertz CT molecular complexity index is 1370. The zero-order valence-electron chi connectivity index (χ0n) is 21.8. The van der Waals surface area contributed by atoms with Gasteiger partial charge in [0.15, 0.2) is 0 Å². The van der Waals surface area contributed by atoms with Gasteiger partial charge in [-0.05, 0) is 108 Å². The number of hydrogen-bond acceptors (Lipinski definition) is 4. The summed E-state index contributed by atoms with van der Waals surface area (Å²) < 4.78 is 61.1. The average molecular weight is 576 g/mol. The minimum absolute atomic E-state index is 0.0399. The van der Waals surface area contributed by atoms with Crippen molar-refractivity contribution in [1.29, 1.82) is 0 Å². The first-order valence-corrected chi connectivity index (χ1v) is 13.7. The Morgan fingerprint density at radius 2 is 1.70 bits per heavy atom. The third-order valence-corrected chi connectivity index (χ3v) is 7.63. The summed E-state index contributed by atoms with van der Waals surface area (Å²) in [5.74, 6) is 0.530. The topological polar surface area (TPSA) is 41.9 Å². The first-order chi connectivity index (χ1) is 19.2. The highest BCUT2D eigenvalue weighted by atomic mass is 35.5. The molecule has 40 heavy (non-hydrogen) atoms. The van der Waals surface area contributed by atoms with E-state index in [1.807, 2.05) is 30.3 Å². The van der Waals surface area contributed by atoms with Gasteiger partial charge in [-0.25, -0.2) is 0 Å². The molecule has 3 aromatic carbocycles. The molecule has 1 aliphatic carbocycles. The summed E-state index contributed by atoms with van der Waals surface area (Å²) in [4.78, 5) is 2.21. The van der Waals surface area contributed by atoms with Crippen LogP contribution in [0.1, 0.15) is 47.9 Å². The number of alkyl halides is 4. The van der Waals surface area contributed by atoms with Crippen molar-refractivity contribution >= 4 is 22.7 Å². The summed E-state index contributed by atoms with van der Waals surface area (Å²) in [5, 5.41) is 10.3. The molecule has 0 aromatic heterocycles. The number of phenolic OH excluding ortho intramolecular Hbond substituents is 1. The minimum atomic E-state index is -4.81. The Morgan fingerprint density at radius 3 is 2.42 bits per heavy atom. The molecule has 1 fully saturated rings. The van der Waals surface area contributed by atoms with Crippen LogP contribution in [0.2, 0.25) is 5.02 Å². The fourth-order valence-corrected chi connectivity index (χ4v) is 5.87. The first-order valence-electron chi connectivity index (χ1n) is 13.4. The summed E-state index contributed by atoms with van der Waals surface area (Å²) in [6.07, 6.45) is -1.22. The molecule has 4 nitrogen and oxygen atoms in total. The Hall–Kier alpha value is -3.23. The van der Waals surface area contributed by atoms with E-state index in [0.717, 1.165) is 72.5 Å². The van der Waals surface area contributed by atoms with Gasteiger partial charge in [0.2, 0.25) is 0 Å². The number of aromatic hydroxyl groups is 1. The van der Waals surface area contributed by atoms with E-state index in [1.165, 1.54) is 12.1 Å². The first kappa shape index (κ1) is 28.3. The minimum Gasteiger partial charge on any atom is -0.508 e. The molecule has 1 atom stereocenters. The smallest absolute Gasteiger partial charge is 0.508 e. The molecule has 0 radical (unpaired) electrons. The highest BCUT2D eigenvalue weighted by molar-refractivity contribution is 6.33. The number of rotatable bonds is 8. The summed E-state index contributed by atoms with van der Waals surface area (Å²) in [6, 6.07) is 17.1. The predicted molar refractivity (Wildman–Crippen MR) is 148 cm³/mol. The number of hydrogen-bond donors (Lipinski definition) is 1. The Morgan fingerprint density at radius 1 is 0.950 bits per heavy atom. The second-order valence-electron chi connectivity index (χ2n) is 10.1. The van der Waals surface area contributed by atoms with Gasteiger partial charge in [-0.15, -0.1) is 13.2 Å². The van der Waals surface area contributed by atoms with E-state index in [-0.39, 0.29) is 29.3 Å². The van der Waals surface area contributed by atoms with Crippen LogP contribution in [0.4, 0.5) is 17.6 Å². The van der Waals surface area contributed by atoms with Crippen molar-refractivity contribution in [2.24, 2.45) is 0 Å². The Labute approximate surface area is 235 Å². The normalized spacial score (nSPS) is 18.0. The number of ether oxygens (including phenoxy) is 2. The lowest BCUT2D eigenvalue weighted by atomic mass is 9.87. The average Bonchev–Trinajstić information content (AvgIpc) is 3.26. The van der Waals surface area contributed by atoms with E-state index in [1.54, 1.807) is 18.2 Å². The van der Waals surface area contributed by atoms with Crippen LogP contribution in [0.15, 0.2) is 60.7 Å². The monoisotopic (exact) mass is 575 g/mol. The molecule has 1 aliphatic heterocycles. The molecule has 0 saturated carbocycles. The molecule has 3 aromatic rings. The largest absolute Gasteiger partial charge is 0.573 e. The second kappa shape index (κ2) is 12.1. The lowest BCUT2D eigenvalue weighted by Gasteiger charge is -2.19. The second-order valence-corrected chi connectivity index (χ2v) is 10.5. The zero-order valence-corrected chi connectivity index (χ0v) is 22.6. The van der Waals surface area contributed by atoms with Gasteiger partial charge in [-0.1, -0.05) is 29.8 Å².